The van der Waals surface area contributed by atoms with E-state index in [1.54, 1.807) is 18.2 Å². The van der Waals surface area contributed by atoms with Gasteiger partial charge in [0, 0.05) is 0 Å². The van der Waals surface area contributed by atoms with Crippen LogP contribution in [0.15, 0.2) is 42.5 Å². The fourth-order valence-corrected chi connectivity index (χ4v) is 1.35. The maximum Gasteiger partial charge on any atom is 0.158 e. The van der Waals surface area contributed by atoms with E-state index < -0.39 is 0 Å². The molecule has 0 aromatic heterocycles. The molecule has 0 saturated heterocycles. The largest absolute Gasteiger partial charge is 0.504 e. The lowest BCUT2D eigenvalue weighted by Crippen LogP contribution is -1.79. The Morgan fingerprint density at radius 1 is 0.733 bits per heavy atom. The smallest absolute Gasteiger partial charge is 0.158 e. The van der Waals surface area contributed by atoms with Gasteiger partial charge in [0.2, 0.25) is 0 Å². The maximum absolute atomic E-state index is 12.7. The predicted octanol–water partition coefficient (Wildman–Crippen LogP) is 2.90. The van der Waals surface area contributed by atoms with Gasteiger partial charge in [-0.1, -0.05) is 18.2 Å². The molecular weight excluding hydrogens is 195 g/mol. The molecule has 76 valence electrons. The Hall–Kier alpha value is -2.03. The van der Waals surface area contributed by atoms with Gasteiger partial charge in [-0.2, -0.15) is 0 Å². The van der Waals surface area contributed by atoms with E-state index in [2.05, 4.69) is 0 Å². The molecule has 15 heavy (non-hydrogen) atoms. The number of halogens is 1. The summed E-state index contributed by atoms with van der Waals surface area (Å²) < 4.78 is 12.7. The number of rotatable bonds is 1. The average molecular weight is 204 g/mol. The number of aromatic hydroxyl groups is 2. The van der Waals surface area contributed by atoms with Gasteiger partial charge in [0.05, 0.1) is 0 Å². The van der Waals surface area contributed by atoms with E-state index in [1.807, 2.05) is 0 Å². The van der Waals surface area contributed by atoms with Gasteiger partial charge in [0.25, 0.3) is 0 Å². The highest BCUT2D eigenvalue weighted by atomic mass is 19.1. The first-order chi connectivity index (χ1) is 7.16. The third kappa shape index (κ3) is 1.91. The predicted molar refractivity (Wildman–Crippen MR) is 55.2 cm³/mol. The zero-order chi connectivity index (χ0) is 10.8. The third-order valence-electron chi connectivity index (χ3n) is 2.15. The van der Waals surface area contributed by atoms with Crippen LogP contribution >= 0.6 is 0 Å². The van der Waals surface area contributed by atoms with E-state index in [0.29, 0.717) is 0 Å². The van der Waals surface area contributed by atoms with Crippen LogP contribution in [0.1, 0.15) is 0 Å². The van der Waals surface area contributed by atoms with Crippen molar-refractivity contribution >= 4 is 0 Å². The van der Waals surface area contributed by atoms with Crippen molar-refractivity contribution in [1.29, 1.82) is 0 Å². The first-order valence-electron chi connectivity index (χ1n) is 4.45. The minimum atomic E-state index is -0.304. The van der Waals surface area contributed by atoms with Gasteiger partial charge in [-0.25, -0.2) is 4.39 Å². The van der Waals surface area contributed by atoms with Crippen molar-refractivity contribution in [3.63, 3.8) is 0 Å². The third-order valence-corrected chi connectivity index (χ3v) is 2.15. The van der Waals surface area contributed by atoms with Gasteiger partial charge in [0.15, 0.2) is 11.5 Å². The van der Waals surface area contributed by atoms with E-state index in [1.165, 1.54) is 24.3 Å². The van der Waals surface area contributed by atoms with Crippen molar-refractivity contribution in [2.24, 2.45) is 0 Å². The van der Waals surface area contributed by atoms with Crippen molar-refractivity contribution in [3.05, 3.63) is 48.3 Å². The second-order valence-corrected chi connectivity index (χ2v) is 3.21. The van der Waals surface area contributed by atoms with E-state index in [-0.39, 0.29) is 17.3 Å². The second-order valence-electron chi connectivity index (χ2n) is 3.21. The molecule has 0 amide bonds. The zero-order valence-electron chi connectivity index (χ0n) is 7.81. The first kappa shape index (κ1) is 9.52. The summed E-state index contributed by atoms with van der Waals surface area (Å²) in [5, 5.41) is 18.4. The minimum absolute atomic E-state index is 0.166. The number of benzene rings is 2. The van der Waals surface area contributed by atoms with Crippen molar-refractivity contribution in [2.75, 3.05) is 0 Å². The Bertz CT molecular complexity index is 477. The molecule has 2 N–H and O–H groups in total. The number of phenols is 2. The molecule has 0 aliphatic rings. The van der Waals surface area contributed by atoms with Gasteiger partial charge in [-0.05, 0) is 35.4 Å². The fraction of sp³-hybridized carbons (Fsp3) is 0. The van der Waals surface area contributed by atoms with E-state index in [9.17, 15) is 9.50 Å². The van der Waals surface area contributed by atoms with Crippen molar-refractivity contribution in [1.82, 2.24) is 0 Å². The highest BCUT2D eigenvalue weighted by molar-refractivity contribution is 5.66. The highest BCUT2D eigenvalue weighted by Gasteiger charge is 2.02. The van der Waals surface area contributed by atoms with Crippen LogP contribution in [0.25, 0.3) is 11.1 Å². The van der Waals surface area contributed by atoms with Gasteiger partial charge in [0.1, 0.15) is 5.82 Å². The molecule has 2 nitrogen and oxygen atoms in total. The number of phenolic OH excluding ortho intramolecular Hbond substituents is 2. The van der Waals surface area contributed by atoms with Crippen molar-refractivity contribution in [3.8, 4) is 22.6 Å². The Balaban J connectivity index is 2.45. The summed E-state index contributed by atoms with van der Waals surface area (Å²) in [5.74, 6) is -0.653. The van der Waals surface area contributed by atoms with Crippen LogP contribution in [-0.4, -0.2) is 10.2 Å². The summed E-state index contributed by atoms with van der Waals surface area (Å²) in [6.45, 7) is 0. The molecule has 2 rings (SSSR count). The average Bonchev–Trinajstić information content (AvgIpc) is 2.23. The molecule has 3 heteroatoms. The molecule has 0 atom stereocenters. The summed E-state index contributed by atoms with van der Waals surface area (Å²) in [6, 6.07) is 10.4. The number of hydrogen-bond acceptors (Lipinski definition) is 2. The van der Waals surface area contributed by atoms with Crippen LogP contribution in [-0.2, 0) is 0 Å². The van der Waals surface area contributed by atoms with Gasteiger partial charge in [-0.15, -0.1) is 0 Å². The summed E-state index contributed by atoms with van der Waals surface area (Å²) in [6.07, 6.45) is 0. The normalized spacial score (nSPS) is 10.2. The summed E-state index contributed by atoms with van der Waals surface area (Å²) in [5.41, 5.74) is 1.51. The molecule has 2 aromatic carbocycles. The number of hydrogen-bond donors (Lipinski definition) is 2. The molecule has 0 unspecified atom stereocenters. The Morgan fingerprint density at radius 3 is 1.93 bits per heavy atom. The summed E-state index contributed by atoms with van der Waals surface area (Å²) in [4.78, 5) is 0. The van der Waals surface area contributed by atoms with Crippen LogP contribution in [0.3, 0.4) is 0 Å². The molecule has 0 radical (unpaired) electrons. The Labute approximate surface area is 86.2 Å². The Morgan fingerprint density at radius 2 is 1.33 bits per heavy atom. The fourth-order valence-electron chi connectivity index (χ4n) is 1.35. The standard InChI is InChI=1S/C12H9FO2/c13-10-4-1-8(2-5-10)9-3-6-11(14)12(15)7-9/h1-7,14-15H. The quantitative estimate of drug-likeness (QED) is 0.701. The molecule has 0 bridgehead atoms. The SMILES string of the molecule is Oc1ccc(-c2ccc(F)cc2)cc1O. The lowest BCUT2D eigenvalue weighted by atomic mass is 10.1. The van der Waals surface area contributed by atoms with Gasteiger partial charge in [-0.3, -0.25) is 0 Å². The van der Waals surface area contributed by atoms with Crippen LogP contribution in [0.5, 0.6) is 11.5 Å². The van der Waals surface area contributed by atoms with E-state index in [4.69, 9.17) is 5.11 Å². The topological polar surface area (TPSA) is 40.5 Å². The van der Waals surface area contributed by atoms with Crippen molar-refractivity contribution < 1.29 is 14.6 Å². The van der Waals surface area contributed by atoms with Crippen LogP contribution in [0.2, 0.25) is 0 Å². The van der Waals surface area contributed by atoms with Gasteiger partial charge < -0.3 is 10.2 Å². The molecular formula is C12H9FO2. The van der Waals surface area contributed by atoms with Crippen LogP contribution in [0, 0.1) is 5.82 Å². The molecule has 2 aromatic rings. The second kappa shape index (κ2) is 3.61. The van der Waals surface area contributed by atoms with E-state index >= 15 is 0 Å². The lowest BCUT2D eigenvalue weighted by molar-refractivity contribution is 0.404. The van der Waals surface area contributed by atoms with Crippen LogP contribution < -0.4 is 0 Å². The molecule has 0 spiro atoms. The summed E-state index contributed by atoms with van der Waals surface area (Å²) in [7, 11) is 0. The van der Waals surface area contributed by atoms with Crippen molar-refractivity contribution in [2.45, 2.75) is 0 Å². The Kier molecular flexibility index (Phi) is 2.29. The monoisotopic (exact) mass is 204 g/mol. The highest BCUT2D eigenvalue weighted by Crippen LogP contribution is 2.30. The van der Waals surface area contributed by atoms with Gasteiger partial charge >= 0.3 is 0 Å². The molecule has 0 aliphatic heterocycles. The van der Waals surface area contributed by atoms with E-state index in [0.717, 1.165) is 11.1 Å². The zero-order valence-corrected chi connectivity index (χ0v) is 7.81. The maximum atomic E-state index is 12.7. The van der Waals surface area contributed by atoms with Crippen LogP contribution in [0.4, 0.5) is 4.39 Å². The molecule has 0 fully saturated rings. The summed E-state index contributed by atoms with van der Waals surface area (Å²) >= 11 is 0. The molecule has 0 saturated carbocycles. The molecule has 0 aliphatic carbocycles. The first-order valence-corrected chi connectivity index (χ1v) is 4.45. The minimum Gasteiger partial charge on any atom is -0.504 e. The lowest BCUT2D eigenvalue weighted by Gasteiger charge is -2.03. The molecule has 0 heterocycles.